The predicted molar refractivity (Wildman–Crippen MR) is 74.7 cm³/mol. The molecule has 1 aliphatic heterocycles. The highest BCUT2D eigenvalue weighted by molar-refractivity contribution is 5.79. The Hall–Kier alpha value is -1.59. The van der Waals surface area contributed by atoms with Gasteiger partial charge in [-0.3, -0.25) is 4.79 Å². The van der Waals surface area contributed by atoms with Gasteiger partial charge in [-0.25, -0.2) is 0 Å². The Kier molecular flexibility index (Phi) is 4.98. The minimum Gasteiger partial charge on any atom is -0.497 e. The maximum atomic E-state index is 12.4. The zero-order valence-electron chi connectivity index (χ0n) is 11.9. The van der Waals surface area contributed by atoms with Crippen LogP contribution in [0.2, 0.25) is 0 Å². The average Bonchev–Trinajstić information content (AvgIpc) is 2.47. The third-order valence-electron chi connectivity index (χ3n) is 3.52. The summed E-state index contributed by atoms with van der Waals surface area (Å²) in [7, 11) is 1.61. The minimum atomic E-state index is -0.277. The molecule has 0 aromatic heterocycles. The van der Waals surface area contributed by atoms with Gasteiger partial charge in [-0.05, 0) is 24.6 Å². The van der Waals surface area contributed by atoms with Gasteiger partial charge in [0.05, 0.1) is 38.9 Å². The Morgan fingerprint density at radius 1 is 1.55 bits per heavy atom. The molecule has 1 heterocycles. The predicted octanol–water partition coefficient (Wildman–Crippen LogP) is 0.846. The van der Waals surface area contributed by atoms with Crippen molar-refractivity contribution in [2.24, 2.45) is 0 Å². The summed E-state index contributed by atoms with van der Waals surface area (Å²) in [5, 5.41) is 9.16. The van der Waals surface area contributed by atoms with Gasteiger partial charge in [0.1, 0.15) is 5.75 Å². The van der Waals surface area contributed by atoms with Gasteiger partial charge in [0.15, 0.2) is 0 Å². The Morgan fingerprint density at radius 3 is 3.05 bits per heavy atom. The number of rotatable bonds is 4. The molecule has 5 nitrogen and oxygen atoms in total. The van der Waals surface area contributed by atoms with E-state index in [0.717, 1.165) is 11.3 Å². The van der Waals surface area contributed by atoms with E-state index in [1.54, 1.807) is 12.0 Å². The number of hydrogen-bond donors (Lipinski definition) is 1. The van der Waals surface area contributed by atoms with Crippen molar-refractivity contribution >= 4 is 5.91 Å². The summed E-state index contributed by atoms with van der Waals surface area (Å²) in [5.74, 6) is 0.797. The van der Waals surface area contributed by atoms with Crippen molar-refractivity contribution in [3.05, 3.63) is 29.8 Å². The van der Waals surface area contributed by atoms with Crippen LogP contribution in [0.5, 0.6) is 5.75 Å². The maximum Gasteiger partial charge on any atom is 0.227 e. The lowest BCUT2D eigenvalue weighted by molar-refractivity contribution is -0.145. The third-order valence-corrected chi connectivity index (χ3v) is 3.52. The molecule has 2 atom stereocenters. The van der Waals surface area contributed by atoms with E-state index in [9.17, 15) is 4.79 Å². The van der Waals surface area contributed by atoms with Crippen molar-refractivity contribution in [1.82, 2.24) is 4.90 Å². The number of nitrogens with zero attached hydrogens (tertiary/aromatic N) is 1. The fourth-order valence-corrected chi connectivity index (χ4v) is 2.33. The van der Waals surface area contributed by atoms with Gasteiger partial charge in [0.25, 0.3) is 0 Å². The lowest BCUT2D eigenvalue weighted by atomic mass is 10.1. The van der Waals surface area contributed by atoms with E-state index in [-0.39, 0.29) is 24.7 Å². The fraction of sp³-hybridized carbons (Fsp3) is 0.533. The molecule has 1 aromatic rings. The summed E-state index contributed by atoms with van der Waals surface area (Å²) in [6, 6.07) is 7.55. The molecule has 0 bridgehead atoms. The molecule has 1 aromatic carbocycles. The van der Waals surface area contributed by atoms with Crippen LogP contribution in [0.4, 0.5) is 0 Å². The molecule has 20 heavy (non-hydrogen) atoms. The van der Waals surface area contributed by atoms with E-state index in [2.05, 4.69) is 0 Å². The maximum absolute atomic E-state index is 12.4. The molecular formula is C15H21NO4. The first-order valence-corrected chi connectivity index (χ1v) is 6.79. The van der Waals surface area contributed by atoms with Crippen molar-refractivity contribution in [3.8, 4) is 5.75 Å². The van der Waals surface area contributed by atoms with Crippen LogP contribution in [0.25, 0.3) is 0 Å². The van der Waals surface area contributed by atoms with Crippen LogP contribution in [-0.4, -0.2) is 54.9 Å². The van der Waals surface area contributed by atoms with Crippen molar-refractivity contribution < 1.29 is 19.4 Å². The molecule has 5 heteroatoms. The van der Waals surface area contributed by atoms with E-state index in [0.29, 0.717) is 19.6 Å². The van der Waals surface area contributed by atoms with Crippen LogP contribution in [0.1, 0.15) is 12.5 Å². The number of aliphatic hydroxyl groups excluding tert-OH is 1. The van der Waals surface area contributed by atoms with Gasteiger partial charge in [0.2, 0.25) is 5.91 Å². The number of aliphatic hydroxyl groups is 1. The molecule has 1 N–H and O–H groups in total. The number of benzene rings is 1. The average molecular weight is 279 g/mol. The Bertz CT molecular complexity index is 463. The molecule has 1 aliphatic rings. The molecule has 1 fully saturated rings. The van der Waals surface area contributed by atoms with Crippen LogP contribution in [-0.2, 0) is 16.0 Å². The van der Waals surface area contributed by atoms with Crippen LogP contribution in [0, 0.1) is 0 Å². The third kappa shape index (κ3) is 3.49. The molecule has 0 spiro atoms. The molecule has 2 rings (SSSR count). The standard InChI is InChI=1S/C15H21NO4/c1-11-10-20-14(9-17)8-16(11)15(18)7-12-4-3-5-13(6-12)19-2/h3-6,11,14,17H,7-10H2,1-2H3. The van der Waals surface area contributed by atoms with E-state index in [1.165, 1.54) is 0 Å². The number of morpholine rings is 1. The second kappa shape index (κ2) is 6.72. The molecule has 0 aliphatic carbocycles. The van der Waals surface area contributed by atoms with E-state index < -0.39 is 0 Å². The molecule has 1 amide bonds. The van der Waals surface area contributed by atoms with Gasteiger partial charge >= 0.3 is 0 Å². The van der Waals surface area contributed by atoms with Crippen molar-refractivity contribution in [3.63, 3.8) is 0 Å². The van der Waals surface area contributed by atoms with Crippen molar-refractivity contribution in [2.75, 3.05) is 26.9 Å². The zero-order chi connectivity index (χ0) is 14.5. The van der Waals surface area contributed by atoms with Gasteiger partial charge in [-0.15, -0.1) is 0 Å². The molecule has 110 valence electrons. The minimum absolute atomic E-state index is 0.0379. The largest absolute Gasteiger partial charge is 0.497 e. The number of amides is 1. The fourth-order valence-electron chi connectivity index (χ4n) is 2.33. The summed E-state index contributed by atoms with van der Waals surface area (Å²) in [4.78, 5) is 14.2. The highest BCUT2D eigenvalue weighted by atomic mass is 16.5. The van der Waals surface area contributed by atoms with Gasteiger partial charge in [-0.2, -0.15) is 0 Å². The molecular weight excluding hydrogens is 258 g/mol. The highest BCUT2D eigenvalue weighted by Crippen LogP contribution is 2.16. The van der Waals surface area contributed by atoms with Crippen molar-refractivity contribution in [2.45, 2.75) is 25.5 Å². The van der Waals surface area contributed by atoms with E-state index in [1.807, 2.05) is 31.2 Å². The first-order valence-electron chi connectivity index (χ1n) is 6.79. The first kappa shape index (κ1) is 14.8. The molecule has 0 saturated carbocycles. The van der Waals surface area contributed by atoms with Crippen LogP contribution in [0.15, 0.2) is 24.3 Å². The second-order valence-corrected chi connectivity index (χ2v) is 5.06. The Labute approximate surface area is 119 Å². The van der Waals surface area contributed by atoms with Crippen LogP contribution >= 0.6 is 0 Å². The van der Waals surface area contributed by atoms with Gasteiger partial charge in [0, 0.05) is 6.54 Å². The topological polar surface area (TPSA) is 59.0 Å². The van der Waals surface area contributed by atoms with Crippen LogP contribution < -0.4 is 4.74 Å². The lowest BCUT2D eigenvalue weighted by Crippen LogP contribution is -2.52. The summed E-state index contributed by atoms with van der Waals surface area (Å²) >= 11 is 0. The number of hydrogen-bond acceptors (Lipinski definition) is 4. The molecule has 1 saturated heterocycles. The second-order valence-electron chi connectivity index (χ2n) is 5.06. The smallest absolute Gasteiger partial charge is 0.227 e. The van der Waals surface area contributed by atoms with E-state index in [4.69, 9.17) is 14.6 Å². The van der Waals surface area contributed by atoms with Gasteiger partial charge < -0.3 is 19.5 Å². The Morgan fingerprint density at radius 2 is 2.35 bits per heavy atom. The summed E-state index contributed by atoms with van der Waals surface area (Å²) < 4.78 is 10.6. The number of ether oxygens (including phenoxy) is 2. The summed E-state index contributed by atoms with van der Waals surface area (Å²) in [6.45, 7) is 2.81. The zero-order valence-corrected chi connectivity index (χ0v) is 11.9. The van der Waals surface area contributed by atoms with Gasteiger partial charge in [-0.1, -0.05) is 12.1 Å². The number of carbonyl (C=O) groups excluding carboxylic acids is 1. The molecule has 2 unspecified atom stereocenters. The quantitative estimate of drug-likeness (QED) is 0.887. The van der Waals surface area contributed by atoms with Crippen molar-refractivity contribution in [1.29, 1.82) is 0 Å². The Balaban J connectivity index is 2.02. The lowest BCUT2D eigenvalue weighted by Gasteiger charge is -2.37. The monoisotopic (exact) mass is 279 g/mol. The first-order chi connectivity index (χ1) is 9.63. The molecule has 0 radical (unpaired) electrons. The summed E-state index contributed by atoms with van der Waals surface area (Å²) in [5.41, 5.74) is 0.925. The SMILES string of the molecule is COc1cccc(CC(=O)N2CC(CO)OCC2C)c1. The normalized spacial score (nSPS) is 22.6. The number of methoxy groups -OCH3 is 1. The summed E-state index contributed by atoms with van der Waals surface area (Å²) in [6.07, 6.45) is 0.0557. The highest BCUT2D eigenvalue weighted by Gasteiger charge is 2.29. The van der Waals surface area contributed by atoms with Crippen LogP contribution in [0.3, 0.4) is 0 Å². The number of carbonyl (C=O) groups is 1. The van der Waals surface area contributed by atoms with E-state index >= 15 is 0 Å².